The fraction of sp³-hybridized carbons (Fsp3) is 0.259. The van der Waals surface area contributed by atoms with Gasteiger partial charge < -0.3 is 20.4 Å². The molecule has 6 nitrogen and oxygen atoms in total. The van der Waals surface area contributed by atoms with E-state index in [9.17, 15) is 9.59 Å². The second kappa shape index (κ2) is 10.7. The van der Waals surface area contributed by atoms with Gasteiger partial charge in [0.15, 0.2) is 0 Å². The lowest BCUT2D eigenvalue weighted by Gasteiger charge is -2.23. The zero-order valence-corrected chi connectivity index (χ0v) is 19.0. The Bertz CT molecular complexity index is 1080. The van der Waals surface area contributed by atoms with Crippen LogP contribution in [-0.2, 0) is 11.3 Å². The van der Waals surface area contributed by atoms with E-state index in [0.29, 0.717) is 12.1 Å². The van der Waals surface area contributed by atoms with E-state index in [-0.39, 0.29) is 18.4 Å². The number of benzene rings is 3. The predicted molar refractivity (Wildman–Crippen MR) is 133 cm³/mol. The Morgan fingerprint density at radius 2 is 1.55 bits per heavy atom. The number of nitrogens with one attached hydrogen (secondary N) is 2. The van der Waals surface area contributed by atoms with Gasteiger partial charge in [0.25, 0.3) is 5.91 Å². The number of likely N-dealkylation sites (tertiary alicyclic amines) is 1. The van der Waals surface area contributed by atoms with E-state index in [4.69, 9.17) is 0 Å². The van der Waals surface area contributed by atoms with Gasteiger partial charge in [-0.1, -0.05) is 42.5 Å². The Labute approximate surface area is 195 Å². The molecule has 0 spiro atoms. The largest absolute Gasteiger partial charge is 0.374 e. The molecule has 1 heterocycles. The van der Waals surface area contributed by atoms with E-state index in [2.05, 4.69) is 15.5 Å². The summed E-state index contributed by atoms with van der Waals surface area (Å²) >= 11 is 0. The number of hydrogen-bond donors (Lipinski definition) is 2. The molecule has 1 fully saturated rings. The molecule has 1 saturated heterocycles. The summed E-state index contributed by atoms with van der Waals surface area (Å²) in [7, 11) is 2.01. The topological polar surface area (TPSA) is 64.7 Å². The third-order valence-electron chi connectivity index (χ3n) is 5.93. The zero-order chi connectivity index (χ0) is 23.0. The molecule has 4 rings (SSSR count). The van der Waals surface area contributed by atoms with Gasteiger partial charge in [-0.3, -0.25) is 9.59 Å². The van der Waals surface area contributed by atoms with E-state index >= 15 is 0 Å². The lowest BCUT2D eigenvalue weighted by Crippen LogP contribution is -2.30. The molecule has 6 heteroatoms. The first-order valence-electron chi connectivity index (χ1n) is 11.4. The highest BCUT2D eigenvalue weighted by molar-refractivity contribution is 5.94. The molecule has 0 atom stereocenters. The average molecular weight is 443 g/mol. The zero-order valence-electron chi connectivity index (χ0n) is 19.0. The van der Waals surface area contributed by atoms with Gasteiger partial charge in [-0.05, 0) is 54.8 Å². The quantitative estimate of drug-likeness (QED) is 0.542. The maximum Gasteiger partial charge on any atom is 0.253 e. The highest BCUT2D eigenvalue weighted by Crippen LogP contribution is 2.30. The van der Waals surface area contributed by atoms with Crippen LogP contribution in [-0.4, -0.2) is 43.4 Å². The van der Waals surface area contributed by atoms with E-state index in [1.165, 1.54) is 0 Å². The summed E-state index contributed by atoms with van der Waals surface area (Å²) in [5, 5.41) is 6.19. The second-order valence-electron chi connectivity index (χ2n) is 8.24. The first-order chi connectivity index (χ1) is 16.1. The fourth-order valence-electron chi connectivity index (χ4n) is 4.01. The predicted octanol–water partition coefficient (Wildman–Crippen LogP) is 4.42. The molecule has 3 aromatic carbocycles. The molecule has 33 heavy (non-hydrogen) atoms. The van der Waals surface area contributed by atoms with Gasteiger partial charge in [-0.15, -0.1) is 0 Å². The molecule has 0 saturated carbocycles. The molecule has 170 valence electrons. The first kappa shape index (κ1) is 22.4. The van der Waals surface area contributed by atoms with Gasteiger partial charge in [0.05, 0.1) is 17.9 Å². The number of anilines is 3. The smallest absolute Gasteiger partial charge is 0.253 e. The molecule has 0 aromatic heterocycles. The van der Waals surface area contributed by atoms with Crippen LogP contribution in [0, 0.1) is 0 Å². The molecule has 3 aromatic rings. The molecule has 0 radical (unpaired) electrons. The summed E-state index contributed by atoms with van der Waals surface area (Å²) in [5.74, 6) is -0.00388. The standard InChI is InChI=1S/C27H30N4O2/c1-30(23-9-3-2-4-10-23)25-12-6-5-11-24(25)28-20-26(32)29-19-21-13-15-22(16-14-21)27(33)31-17-7-8-18-31/h2-6,9-16,28H,7-8,17-20H2,1H3,(H,29,32). The molecule has 0 unspecified atom stereocenters. The third-order valence-corrected chi connectivity index (χ3v) is 5.93. The third kappa shape index (κ3) is 5.71. The van der Waals surface area contributed by atoms with Crippen molar-refractivity contribution in [2.24, 2.45) is 0 Å². The van der Waals surface area contributed by atoms with Crippen molar-refractivity contribution >= 4 is 28.9 Å². The van der Waals surface area contributed by atoms with Crippen LogP contribution >= 0.6 is 0 Å². The number of hydrogen-bond acceptors (Lipinski definition) is 4. The Balaban J connectivity index is 1.29. The van der Waals surface area contributed by atoms with Crippen LogP contribution < -0.4 is 15.5 Å². The SMILES string of the molecule is CN(c1ccccc1)c1ccccc1NCC(=O)NCc1ccc(C(=O)N2CCCC2)cc1. The van der Waals surface area contributed by atoms with Crippen molar-refractivity contribution in [2.45, 2.75) is 19.4 Å². The minimum atomic E-state index is -0.0932. The number of para-hydroxylation sites is 3. The van der Waals surface area contributed by atoms with Gasteiger partial charge in [-0.25, -0.2) is 0 Å². The number of rotatable bonds is 8. The monoisotopic (exact) mass is 442 g/mol. The minimum absolute atomic E-state index is 0.0893. The molecular weight excluding hydrogens is 412 g/mol. The average Bonchev–Trinajstić information content (AvgIpc) is 3.41. The van der Waals surface area contributed by atoms with E-state index in [1.54, 1.807) is 0 Å². The Hall–Kier alpha value is -3.80. The molecule has 2 N–H and O–H groups in total. The van der Waals surface area contributed by atoms with Crippen molar-refractivity contribution in [1.82, 2.24) is 10.2 Å². The minimum Gasteiger partial charge on any atom is -0.374 e. The molecule has 0 bridgehead atoms. The summed E-state index contributed by atoms with van der Waals surface area (Å²) < 4.78 is 0. The Kier molecular flexibility index (Phi) is 7.25. The summed E-state index contributed by atoms with van der Waals surface area (Å²) in [6.07, 6.45) is 2.16. The summed E-state index contributed by atoms with van der Waals surface area (Å²) in [6, 6.07) is 25.5. The van der Waals surface area contributed by atoms with E-state index in [0.717, 1.165) is 48.6 Å². The molecule has 1 aliphatic heterocycles. The summed E-state index contributed by atoms with van der Waals surface area (Å²) in [4.78, 5) is 28.9. The molecular formula is C27H30N4O2. The fourth-order valence-corrected chi connectivity index (χ4v) is 4.01. The Morgan fingerprint density at radius 1 is 0.879 bits per heavy atom. The lowest BCUT2D eigenvalue weighted by molar-refractivity contribution is -0.119. The van der Waals surface area contributed by atoms with Crippen LogP contribution in [0.5, 0.6) is 0 Å². The number of carbonyl (C=O) groups is 2. The highest BCUT2D eigenvalue weighted by Gasteiger charge is 2.19. The van der Waals surface area contributed by atoms with Crippen LogP contribution in [0.15, 0.2) is 78.9 Å². The normalized spacial score (nSPS) is 12.9. The van der Waals surface area contributed by atoms with E-state index in [1.807, 2.05) is 90.8 Å². The van der Waals surface area contributed by atoms with Gasteiger partial charge in [-0.2, -0.15) is 0 Å². The van der Waals surface area contributed by atoms with E-state index < -0.39 is 0 Å². The van der Waals surface area contributed by atoms with Crippen LogP contribution in [0.1, 0.15) is 28.8 Å². The van der Waals surface area contributed by atoms with Crippen LogP contribution in [0.2, 0.25) is 0 Å². The van der Waals surface area contributed by atoms with Crippen molar-refractivity contribution < 1.29 is 9.59 Å². The summed E-state index contributed by atoms with van der Waals surface area (Å²) in [6.45, 7) is 2.28. The number of amides is 2. The van der Waals surface area contributed by atoms with Crippen LogP contribution in [0.4, 0.5) is 17.1 Å². The van der Waals surface area contributed by atoms with Crippen LogP contribution in [0.25, 0.3) is 0 Å². The lowest BCUT2D eigenvalue weighted by atomic mass is 10.1. The maximum absolute atomic E-state index is 12.5. The maximum atomic E-state index is 12.5. The van der Waals surface area contributed by atoms with Crippen molar-refractivity contribution in [2.75, 3.05) is 36.9 Å². The molecule has 0 aliphatic carbocycles. The van der Waals surface area contributed by atoms with Crippen molar-refractivity contribution in [1.29, 1.82) is 0 Å². The molecule has 2 amide bonds. The first-order valence-corrected chi connectivity index (χ1v) is 11.4. The molecule has 1 aliphatic rings. The van der Waals surface area contributed by atoms with Crippen molar-refractivity contribution in [3.8, 4) is 0 Å². The summed E-state index contributed by atoms with van der Waals surface area (Å²) in [5.41, 5.74) is 4.62. The Morgan fingerprint density at radius 3 is 2.27 bits per heavy atom. The van der Waals surface area contributed by atoms with Gasteiger partial charge >= 0.3 is 0 Å². The van der Waals surface area contributed by atoms with Crippen LogP contribution in [0.3, 0.4) is 0 Å². The number of carbonyl (C=O) groups excluding carboxylic acids is 2. The highest BCUT2D eigenvalue weighted by atomic mass is 16.2. The van der Waals surface area contributed by atoms with Gasteiger partial charge in [0.2, 0.25) is 5.91 Å². The number of nitrogens with zero attached hydrogens (tertiary/aromatic N) is 2. The van der Waals surface area contributed by atoms with Crippen molar-refractivity contribution in [3.05, 3.63) is 90.0 Å². The van der Waals surface area contributed by atoms with Gasteiger partial charge in [0.1, 0.15) is 0 Å². The second-order valence-corrected chi connectivity index (χ2v) is 8.24. The van der Waals surface area contributed by atoms with Crippen molar-refractivity contribution in [3.63, 3.8) is 0 Å². The van der Waals surface area contributed by atoms with Gasteiger partial charge in [0, 0.05) is 37.9 Å².